The Bertz CT molecular complexity index is 759. The van der Waals surface area contributed by atoms with Gasteiger partial charge < -0.3 is 16.0 Å². The number of amides is 2. The molecule has 1 aliphatic heterocycles. The molecular formula is C21H26N3O2+. The highest BCUT2D eigenvalue weighted by Gasteiger charge is 2.37. The smallest absolute Gasteiger partial charge is 0.287 e. The third kappa shape index (κ3) is 4.29. The lowest BCUT2D eigenvalue weighted by Gasteiger charge is -2.33. The summed E-state index contributed by atoms with van der Waals surface area (Å²) >= 11 is 0. The van der Waals surface area contributed by atoms with Crippen LogP contribution in [-0.4, -0.2) is 24.9 Å². The summed E-state index contributed by atoms with van der Waals surface area (Å²) in [6.07, 6.45) is 1.70. The Morgan fingerprint density at radius 2 is 1.81 bits per heavy atom. The average Bonchev–Trinajstić information content (AvgIpc) is 2.65. The van der Waals surface area contributed by atoms with Gasteiger partial charge in [0, 0.05) is 11.3 Å². The maximum atomic E-state index is 13.1. The number of quaternary nitrogens is 1. The second kappa shape index (κ2) is 8.15. The van der Waals surface area contributed by atoms with E-state index in [0.717, 1.165) is 41.1 Å². The van der Waals surface area contributed by atoms with Crippen LogP contribution in [-0.2, 0) is 9.59 Å². The SMILES string of the molecule is Cc1ccc(NC(=O)[C@@H](c2ccccc2)[NH+]2CCC[C@H](C(N)=O)C2)cc1. The summed E-state index contributed by atoms with van der Waals surface area (Å²) < 4.78 is 0. The topological polar surface area (TPSA) is 76.6 Å². The van der Waals surface area contributed by atoms with Crippen molar-refractivity contribution in [1.82, 2.24) is 0 Å². The molecule has 2 amide bonds. The molecule has 0 spiro atoms. The van der Waals surface area contributed by atoms with E-state index in [4.69, 9.17) is 5.73 Å². The Hall–Kier alpha value is -2.66. The number of carbonyl (C=O) groups is 2. The minimum atomic E-state index is -0.361. The third-order valence-corrected chi connectivity index (χ3v) is 5.08. The number of piperidine rings is 1. The molecule has 5 heteroatoms. The fraction of sp³-hybridized carbons (Fsp3) is 0.333. The first kappa shape index (κ1) is 18.1. The monoisotopic (exact) mass is 352 g/mol. The van der Waals surface area contributed by atoms with Gasteiger partial charge in [0.2, 0.25) is 5.91 Å². The van der Waals surface area contributed by atoms with Gasteiger partial charge >= 0.3 is 0 Å². The number of nitrogens with one attached hydrogen (secondary N) is 2. The highest BCUT2D eigenvalue weighted by Crippen LogP contribution is 2.17. The molecule has 2 aromatic carbocycles. The van der Waals surface area contributed by atoms with Crippen molar-refractivity contribution in [2.24, 2.45) is 11.7 Å². The molecule has 0 radical (unpaired) electrons. The number of nitrogens with two attached hydrogens (primary N) is 1. The number of carbonyl (C=O) groups excluding carboxylic acids is 2. The molecule has 0 aromatic heterocycles. The van der Waals surface area contributed by atoms with Crippen LogP contribution >= 0.6 is 0 Å². The Morgan fingerprint density at radius 1 is 1.12 bits per heavy atom. The van der Waals surface area contributed by atoms with Gasteiger partial charge in [0.1, 0.15) is 0 Å². The van der Waals surface area contributed by atoms with Crippen LogP contribution in [0.3, 0.4) is 0 Å². The van der Waals surface area contributed by atoms with Gasteiger partial charge in [-0.3, -0.25) is 9.59 Å². The van der Waals surface area contributed by atoms with Gasteiger partial charge in [-0.15, -0.1) is 0 Å². The molecule has 3 atom stereocenters. The van der Waals surface area contributed by atoms with Gasteiger partial charge in [-0.1, -0.05) is 48.0 Å². The Morgan fingerprint density at radius 3 is 2.46 bits per heavy atom. The maximum Gasteiger partial charge on any atom is 0.287 e. The Labute approximate surface area is 154 Å². The van der Waals surface area contributed by atoms with Crippen LogP contribution in [0.2, 0.25) is 0 Å². The van der Waals surface area contributed by atoms with E-state index in [2.05, 4.69) is 5.32 Å². The highest BCUT2D eigenvalue weighted by atomic mass is 16.2. The first-order valence-corrected chi connectivity index (χ1v) is 9.11. The van der Waals surface area contributed by atoms with E-state index in [0.29, 0.717) is 6.54 Å². The Kier molecular flexibility index (Phi) is 5.68. The van der Waals surface area contributed by atoms with E-state index in [-0.39, 0.29) is 23.8 Å². The molecule has 1 unspecified atom stereocenters. The zero-order chi connectivity index (χ0) is 18.5. The number of rotatable bonds is 5. The predicted octanol–water partition coefficient (Wildman–Crippen LogP) is 1.46. The average molecular weight is 352 g/mol. The molecule has 0 saturated carbocycles. The van der Waals surface area contributed by atoms with Crippen LogP contribution in [0.5, 0.6) is 0 Å². The molecule has 1 saturated heterocycles. The normalized spacial score (nSPS) is 21.0. The van der Waals surface area contributed by atoms with Gasteiger partial charge in [-0.05, 0) is 31.9 Å². The maximum absolute atomic E-state index is 13.1. The number of anilines is 1. The molecule has 0 aliphatic carbocycles. The number of primary amides is 1. The summed E-state index contributed by atoms with van der Waals surface area (Å²) in [5, 5.41) is 3.03. The van der Waals surface area contributed by atoms with Crippen LogP contribution in [0.1, 0.15) is 30.0 Å². The van der Waals surface area contributed by atoms with E-state index in [1.165, 1.54) is 0 Å². The van der Waals surface area contributed by atoms with Crippen LogP contribution in [0, 0.1) is 12.8 Å². The van der Waals surface area contributed by atoms with E-state index in [1.54, 1.807) is 0 Å². The third-order valence-electron chi connectivity index (χ3n) is 5.08. The summed E-state index contributed by atoms with van der Waals surface area (Å²) in [7, 11) is 0. The van der Waals surface area contributed by atoms with Gasteiger partial charge in [0.15, 0.2) is 6.04 Å². The minimum absolute atomic E-state index is 0.0554. The second-order valence-corrected chi connectivity index (χ2v) is 7.05. The lowest BCUT2D eigenvalue weighted by Crippen LogP contribution is -3.15. The van der Waals surface area contributed by atoms with Gasteiger partial charge in [0.25, 0.3) is 5.91 Å². The van der Waals surface area contributed by atoms with Crippen LogP contribution in [0.4, 0.5) is 5.69 Å². The quantitative estimate of drug-likeness (QED) is 0.762. The zero-order valence-corrected chi connectivity index (χ0v) is 15.1. The predicted molar refractivity (Wildman–Crippen MR) is 102 cm³/mol. The molecule has 2 aromatic rings. The summed E-state index contributed by atoms with van der Waals surface area (Å²) in [5.41, 5.74) is 8.41. The summed E-state index contributed by atoms with van der Waals surface area (Å²) in [6, 6.07) is 17.2. The summed E-state index contributed by atoms with van der Waals surface area (Å²) in [4.78, 5) is 25.9. The van der Waals surface area contributed by atoms with Crippen molar-refractivity contribution in [3.63, 3.8) is 0 Å². The fourth-order valence-corrected chi connectivity index (χ4v) is 3.67. The molecule has 5 nitrogen and oxygen atoms in total. The fourth-order valence-electron chi connectivity index (χ4n) is 3.67. The number of aryl methyl sites for hydroxylation is 1. The molecule has 1 aliphatic rings. The van der Waals surface area contributed by atoms with Gasteiger partial charge in [-0.2, -0.15) is 0 Å². The number of likely N-dealkylation sites (tertiary alicyclic amines) is 1. The molecular weight excluding hydrogens is 326 g/mol. The molecule has 1 heterocycles. The first-order chi connectivity index (χ1) is 12.5. The molecule has 136 valence electrons. The van der Waals surface area contributed by atoms with Crippen molar-refractivity contribution in [1.29, 1.82) is 0 Å². The van der Waals surface area contributed by atoms with Crippen LogP contribution in [0.25, 0.3) is 0 Å². The zero-order valence-electron chi connectivity index (χ0n) is 15.1. The number of hydrogen-bond acceptors (Lipinski definition) is 2. The first-order valence-electron chi connectivity index (χ1n) is 9.11. The van der Waals surface area contributed by atoms with Crippen molar-refractivity contribution >= 4 is 17.5 Å². The minimum Gasteiger partial charge on any atom is -0.369 e. The van der Waals surface area contributed by atoms with Crippen molar-refractivity contribution in [3.05, 3.63) is 65.7 Å². The second-order valence-electron chi connectivity index (χ2n) is 7.05. The van der Waals surface area contributed by atoms with E-state index < -0.39 is 0 Å². The van der Waals surface area contributed by atoms with Crippen molar-refractivity contribution in [2.45, 2.75) is 25.8 Å². The lowest BCUT2D eigenvalue weighted by atomic mass is 9.94. The standard InChI is InChI=1S/C21H25N3O2/c1-15-9-11-18(12-10-15)23-21(26)19(16-6-3-2-4-7-16)24-13-5-8-17(14-24)20(22)25/h2-4,6-7,9-12,17,19H,5,8,13-14H2,1H3,(H2,22,25)(H,23,26)/p+1/t17-,19+/m0/s1. The molecule has 1 fully saturated rings. The van der Waals surface area contributed by atoms with Gasteiger partial charge in [0.05, 0.1) is 19.0 Å². The van der Waals surface area contributed by atoms with E-state index >= 15 is 0 Å². The van der Waals surface area contributed by atoms with Crippen molar-refractivity contribution in [2.75, 3.05) is 18.4 Å². The van der Waals surface area contributed by atoms with Crippen LogP contribution < -0.4 is 16.0 Å². The number of benzene rings is 2. The van der Waals surface area contributed by atoms with E-state index in [1.807, 2.05) is 61.5 Å². The molecule has 3 rings (SSSR count). The highest BCUT2D eigenvalue weighted by molar-refractivity contribution is 5.94. The summed E-state index contributed by atoms with van der Waals surface area (Å²) in [5.74, 6) is -0.495. The number of hydrogen-bond donors (Lipinski definition) is 3. The lowest BCUT2D eigenvalue weighted by molar-refractivity contribution is -0.928. The van der Waals surface area contributed by atoms with Gasteiger partial charge in [-0.25, -0.2) is 0 Å². The summed E-state index contributed by atoms with van der Waals surface area (Å²) in [6.45, 7) is 3.46. The van der Waals surface area contributed by atoms with E-state index in [9.17, 15) is 9.59 Å². The largest absolute Gasteiger partial charge is 0.369 e. The van der Waals surface area contributed by atoms with Crippen molar-refractivity contribution in [3.8, 4) is 0 Å². The molecule has 0 bridgehead atoms. The van der Waals surface area contributed by atoms with Crippen molar-refractivity contribution < 1.29 is 14.5 Å². The van der Waals surface area contributed by atoms with Crippen LogP contribution in [0.15, 0.2) is 54.6 Å². The molecule has 26 heavy (non-hydrogen) atoms. The Balaban J connectivity index is 1.84. The molecule has 4 N–H and O–H groups in total.